The summed E-state index contributed by atoms with van der Waals surface area (Å²) < 4.78 is 16.9. The molecular formula is C57H110O6. The van der Waals surface area contributed by atoms with E-state index in [4.69, 9.17) is 14.2 Å². The summed E-state index contributed by atoms with van der Waals surface area (Å²) in [4.78, 5) is 38.1. The van der Waals surface area contributed by atoms with Gasteiger partial charge in [0.1, 0.15) is 13.2 Å². The second-order valence-electron chi connectivity index (χ2n) is 20.3. The predicted molar refractivity (Wildman–Crippen MR) is 270 cm³/mol. The van der Waals surface area contributed by atoms with E-state index in [2.05, 4.69) is 34.6 Å². The summed E-state index contributed by atoms with van der Waals surface area (Å²) in [6.45, 7) is 11.4. The zero-order valence-electron chi connectivity index (χ0n) is 43.2. The van der Waals surface area contributed by atoms with Gasteiger partial charge < -0.3 is 14.2 Å². The maximum absolute atomic E-state index is 12.8. The van der Waals surface area contributed by atoms with Crippen molar-refractivity contribution in [2.45, 2.75) is 323 Å². The molecule has 0 aromatic heterocycles. The standard InChI is InChI=1S/C57H110O6/c1-6-8-9-10-11-12-13-14-18-21-27-32-37-42-47-55(58)61-50-54(63-57(60)49-44-39-34-29-24-23-26-31-36-41-46-53(5)7-2)51-62-56(59)48-43-38-33-28-22-19-16-15-17-20-25-30-35-40-45-52(3)4/h52-54H,6-51H2,1-5H3/t53?,54-/m0/s1. The molecule has 0 heterocycles. The van der Waals surface area contributed by atoms with Crippen LogP contribution < -0.4 is 0 Å². The van der Waals surface area contributed by atoms with Crippen LogP contribution in [0.5, 0.6) is 0 Å². The minimum Gasteiger partial charge on any atom is -0.462 e. The highest BCUT2D eigenvalue weighted by Crippen LogP contribution is 2.18. The summed E-state index contributed by atoms with van der Waals surface area (Å²) in [7, 11) is 0. The predicted octanol–water partition coefficient (Wildman–Crippen LogP) is 18.5. The topological polar surface area (TPSA) is 78.9 Å². The first-order valence-electron chi connectivity index (χ1n) is 28.3. The highest BCUT2D eigenvalue weighted by atomic mass is 16.6. The van der Waals surface area contributed by atoms with E-state index in [1.165, 1.54) is 205 Å². The SMILES string of the molecule is CCCCCCCCCCCCCCCCC(=O)OC[C@@H](COC(=O)CCCCCCCCCCCCCCCCC(C)C)OC(=O)CCCCCCCCCCCCC(C)CC. The number of hydrogen-bond donors (Lipinski definition) is 0. The average molecular weight is 892 g/mol. The number of carbonyl (C=O) groups excluding carboxylic acids is 3. The van der Waals surface area contributed by atoms with Gasteiger partial charge in [0, 0.05) is 19.3 Å². The third-order valence-electron chi connectivity index (χ3n) is 13.3. The third-order valence-corrected chi connectivity index (χ3v) is 13.3. The number of unbranched alkanes of at least 4 members (excludes halogenated alkanes) is 35. The van der Waals surface area contributed by atoms with Crippen molar-refractivity contribution in [3.05, 3.63) is 0 Å². The van der Waals surface area contributed by atoms with Crippen LogP contribution in [0.3, 0.4) is 0 Å². The van der Waals surface area contributed by atoms with E-state index in [0.717, 1.165) is 69.6 Å². The van der Waals surface area contributed by atoms with Crippen LogP contribution in [0.4, 0.5) is 0 Å². The Morgan fingerprint density at radius 2 is 0.603 bits per heavy atom. The Labute approximate surface area is 393 Å². The fourth-order valence-electron chi connectivity index (χ4n) is 8.66. The smallest absolute Gasteiger partial charge is 0.306 e. The van der Waals surface area contributed by atoms with Crippen molar-refractivity contribution < 1.29 is 28.6 Å². The van der Waals surface area contributed by atoms with Gasteiger partial charge in [-0.05, 0) is 31.1 Å². The number of rotatable bonds is 51. The quantitative estimate of drug-likeness (QED) is 0.0344. The molecule has 0 spiro atoms. The lowest BCUT2D eigenvalue weighted by Gasteiger charge is -2.18. The minimum atomic E-state index is -0.762. The van der Waals surface area contributed by atoms with Crippen LogP contribution in [0.15, 0.2) is 0 Å². The molecular weight excluding hydrogens is 781 g/mol. The lowest BCUT2D eigenvalue weighted by molar-refractivity contribution is -0.167. The molecule has 0 aromatic rings. The van der Waals surface area contributed by atoms with E-state index >= 15 is 0 Å². The van der Waals surface area contributed by atoms with Gasteiger partial charge in [-0.15, -0.1) is 0 Å². The van der Waals surface area contributed by atoms with Gasteiger partial charge in [-0.3, -0.25) is 14.4 Å². The summed E-state index contributed by atoms with van der Waals surface area (Å²) >= 11 is 0. The van der Waals surface area contributed by atoms with Crippen molar-refractivity contribution in [2.75, 3.05) is 13.2 Å². The summed E-state index contributed by atoms with van der Waals surface area (Å²) in [5, 5.41) is 0. The van der Waals surface area contributed by atoms with Gasteiger partial charge in [0.2, 0.25) is 0 Å². The second kappa shape index (κ2) is 49.8. The van der Waals surface area contributed by atoms with Gasteiger partial charge >= 0.3 is 17.9 Å². The first-order chi connectivity index (χ1) is 30.8. The molecule has 0 rings (SSSR count). The van der Waals surface area contributed by atoms with Crippen LogP contribution in [0, 0.1) is 11.8 Å². The van der Waals surface area contributed by atoms with Crippen LogP contribution in [0.25, 0.3) is 0 Å². The Bertz CT molecular complexity index is 964. The van der Waals surface area contributed by atoms with Gasteiger partial charge in [0.15, 0.2) is 6.10 Å². The van der Waals surface area contributed by atoms with Crippen LogP contribution in [-0.4, -0.2) is 37.2 Å². The number of hydrogen-bond acceptors (Lipinski definition) is 6. The molecule has 0 aromatic carbocycles. The normalized spacial score (nSPS) is 12.5. The summed E-state index contributed by atoms with van der Waals surface area (Å²) in [5.41, 5.74) is 0. The molecule has 0 aliphatic rings. The Morgan fingerprint density at radius 3 is 0.905 bits per heavy atom. The average Bonchev–Trinajstić information content (AvgIpc) is 3.27. The second-order valence-corrected chi connectivity index (χ2v) is 20.3. The molecule has 0 fully saturated rings. The number of esters is 3. The van der Waals surface area contributed by atoms with Crippen LogP contribution in [0.2, 0.25) is 0 Å². The summed E-state index contributed by atoms with van der Waals surface area (Å²) in [6, 6.07) is 0. The molecule has 0 saturated carbocycles. The van der Waals surface area contributed by atoms with E-state index in [-0.39, 0.29) is 31.1 Å². The highest BCUT2D eigenvalue weighted by molar-refractivity contribution is 5.71. The van der Waals surface area contributed by atoms with E-state index in [1.807, 2.05) is 0 Å². The van der Waals surface area contributed by atoms with Gasteiger partial charge in [-0.2, -0.15) is 0 Å². The maximum Gasteiger partial charge on any atom is 0.306 e. The molecule has 0 aliphatic heterocycles. The van der Waals surface area contributed by atoms with Crippen molar-refractivity contribution in [1.82, 2.24) is 0 Å². The molecule has 0 aliphatic carbocycles. The summed E-state index contributed by atoms with van der Waals surface area (Å²) in [6.07, 6.45) is 52.2. The maximum atomic E-state index is 12.8. The molecule has 0 radical (unpaired) electrons. The lowest BCUT2D eigenvalue weighted by Crippen LogP contribution is -2.30. The molecule has 2 atom stereocenters. The molecule has 63 heavy (non-hydrogen) atoms. The van der Waals surface area contributed by atoms with E-state index in [9.17, 15) is 14.4 Å². The molecule has 0 bridgehead atoms. The Balaban J connectivity index is 4.30. The van der Waals surface area contributed by atoms with E-state index < -0.39 is 6.10 Å². The molecule has 0 amide bonds. The first-order valence-corrected chi connectivity index (χ1v) is 28.3. The number of ether oxygens (including phenoxy) is 3. The Kier molecular flexibility index (Phi) is 48.6. The minimum absolute atomic E-state index is 0.0630. The van der Waals surface area contributed by atoms with E-state index in [1.54, 1.807) is 0 Å². The fourth-order valence-corrected chi connectivity index (χ4v) is 8.66. The molecule has 0 saturated heterocycles. The zero-order valence-corrected chi connectivity index (χ0v) is 43.2. The zero-order chi connectivity index (χ0) is 46.1. The Hall–Kier alpha value is -1.59. The molecule has 6 heteroatoms. The van der Waals surface area contributed by atoms with Crippen molar-refractivity contribution in [3.63, 3.8) is 0 Å². The van der Waals surface area contributed by atoms with Gasteiger partial charge in [-0.25, -0.2) is 0 Å². The molecule has 374 valence electrons. The monoisotopic (exact) mass is 891 g/mol. The van der Waals surface area contributed by atoms with Crippen LogP contribution in [0.1, 0.15) is 317 Å². The lowest BCUT2D eigenvalue weighted by atomic mass is 9.99. The summed E-state index contributed by atoms with van der Waals surface area (Å²) in [5.74, 6) is 0.871. The van der Waals surface area contributed by atoms with Crippen molar-refractivity contribution in [1.29, 1.82) is 0 Å². The fraction of sp³-hybridized carbons (Fsp3) is 0.947. The van der Waals surface area contributed by atoms with Gasteiger partial charge in [0.25, 0.3) is 0 Å². The molecule has 6 nitrogen and oxygen atoms in total. The van der Waals surface area contributed by atoms with Gasteiger partial charge in [0.05, 0.1) is 0 Å². The Morgan fingerprint density at radius 1 is 0.333 bits per heavy atom. The van der Waals surface area contributed by atoms with Crippen LogP contribution in [-0.2, 0) is 28.6 Å². The van der Waals surface area contributed by atoms with Crippen molar-refractivity contribution in [2.24, 2.45) is 11.8 Å². The largest absolute Gasteiger partial charge is 0.462 e. The highest BCUT2D eigenvalue weighted by Gasteiger charge is 2.19. The molecule has 1 unspecified atom stereocenters. The van der Waals surface area contributed by atoms with Crippen molar-refractivity contribution >= 4 is 17.9 Å². The van der Waals surface area contributed by atoms with Crippen LogP contribution >= 0.6 is 0 Å². The number of carbonyl (C=O) groups is 3. The molecule has 0 N–H and O–H groups in total. The third kappa shape index (κ3) is 49.7. The van der Waals surface area contributed by atoms with E-state index in [0.29, 0.717) is 19.3 Å². The first kappa shape index (κ1) is 61.4. The van der Waals surface area contributed by atoms with Crippen molar-refractivity contribution in [3.8, 4) is 0 Å². The van der Waals surface area contributed by atoms with Gasteiger partial charge in [-0.1, -0.05) is 279 Å².